The molecule has 0 N–H and O–H groups in total. The van der Waals surface area contributed by atoms with E-state index in [-0.39, 0.29) is 5.91 Å². The number of thiophene rings is 1. The number of anilines is 1. The molecule has 134 valence electrons. The van der Waals surface area contributed by atoms with Crippen LogP contribution in [0.15, 0.2) is 42.5 Å². The number of hydrogen-bond donors (Lipinski definition) is 0. The number of carbonyl (C=O) groups is 1. The molecule has 1 aliphatic rings. The molecular formula is C20H18Cl2N2OS. The summed E-state index contributed by atoms with van der Waals surface area (Å²) in [5.41, 5.74) is 2.31. The molecule has 1 aliphatic heterocycles. The Hall–Kier alpha value is -1.75. The molecule has 4 rings (SSSR count). The van der Waals surface area contributed by atoms with Gasteiger partial charge in [0, 0.05) is 47.0 Å². The lowest BCUT2D eigenvalue weighted by Gasteiger charge is -2.36. The molecule has 1 fully saturated rings. The van der Waals surface area contributed by atoms with Crippen LogP contribution < -0.4 is 4.90 Å². The lowest BCUT2D eigenvalue weighted by Crippen LogP contribution is -2.48. The van der Waals surface area contributed by atoms with Gasteiger partial charge in [-0.3, -0.25) is 4.79 Å². The highest BCUT2D eigenvalue weighted by Crippen LogP contribution is 2.36. The van der Waals surface area contributed by atoms with Gasteiger partial charge in [0.2, 0.25) is 0 Å². The molecule has 1 aromatic heterocycles. The zero-order chi connectivity index (χ0) is 18.3. The Morgan fingerprint density at radius 3 is 2.38 bits per heavy atom. The van der Waals surface area contributed by atoms with Gasteiger partial charge in [-0.25, -0.2) is 0 Å². The Balaban J connectivity index is 1.50. The number of carbonyl (C=O) groups excluding carboxylic acids is 1. The SMILES string of the molecule is Cc1ccc2c(Cl)c(C(=O)N3CCN(c4ccc(Cl)cc4)CC3)sc2c1. The van der Waals surface area contributed by atoms with E-state index in [0.29, 0.717) is 23.0 Å². The topological polar surface area (TPSA) is 23.6 Å². The predicted octanol–water partition coefficient (Wildman–Crippen LogP) is 5.48. The molecule has 0 unspecified atom stereocenters. The highest BCUT2D eigenvalue weighted by molar-refractivity contribution is 7.21. The van der Waals surface area contributed by atoms with Crippen molar-refractivity contribution in [2.45, 2.75) is 6.92 Å². The van der Waals surface area contributed by atoms with E-state index in [9.17, 15) is 4.79 Å². The van der Waals surface area contributed by atoms with Crippen LogP contribution in [0.3, 0.4) is 0 Å². The fraction of sp³-hybridized carbons (Fsp3) is 0.250. The average molecular weight is 405 g/mol. The molecule has 0 spiro atoms. The molecule has 0 bridgehead atoms. The van der Waals surface area contributed by atoms with Crippen molar-refractivity contribution in [3.05, 3.63) is 63.0 Å². The highest BCUT2D eigenvalue weighted by Gasteiger charge is 2.26. The molecule has 0 atom stereocenters. The molecule has 0 aliphatic carbocycles. The second-order valence-electron chi connectivity index (χ2n) is 6.50. The third-order valence-electron chi connectivity index (χ3n) is 4.74. The van der Waals surface area contributed by atoms with Crippen LogP contribution in [0.4, 0.5) is 5.69 Å². The van der Waals surface area contributed by atoms with Crippen molar-refractivity contribution in [2.24, 2.45) is 0 Å². The van der Waals surface area contributed by atoms with Gasteiger partial charge >= 0.3 is 0 Å². The van der Waals surface area contributed by atoms with Crippen LogP contribution in [-0.4, -0.2) is 37.0 Å². The lowest BCUT2D eigenvalue weighted by molar-refractivity contribution is 0.0752. The molecule has 2 heterocycles. The zero-order valence-electron chi connectivity index (χ0n) is 14.3. The average Bonchev–Trinajstić information content (AvgIpc) is 2.98. The molecule has 0 saturated carbocycles. The second kappa shape index (κ2) is 7.10. The van der Waals surface area contributed by atoms with Gasteiger partial charge in [0.1, 0.15) is 4.88 Å². The summed E-state index contributed by atoms with van der Waals surface area (Å²) in [4.78, 5) is 17.8. The lowest BCUT2D eigenvalue weighted by atomic mass is 10.2. The van der Waals surface area contributed by atoms with E-state index < -0.39 is 0 Å². The number of piperazine rings is 1. The van der Waals surface area contributed by atoms with Crippen molar-refractivity contribution in [3.8, 4) is 0 Å². The number of fused-ring (bicyclic) bond motifs is 1. The summed E-state index contributed by atoms with van der Waals surface area (Å²) in [6.07, 6.45) is 0. The molecule has 26 heavy (non-hydrogen) atoms. The second-order valence-corrected chi connectivity index (χ2v) is 8.37. The molecule has 6 heteroatoms. The minimum absolute atomic E-state index is 0.0320. The summed E-state index contributed by atoms with van der Waals surface area (Å²) in [6, 6.07) is 13.9. The van der Waals surface area contributed by atoms with Crippen molar-refractivity contribution < 1.29 is 4.79 Å². The van der Waals surface area contributed by atoms with E-state index in [0.717, 1.165) is 33.9 Å². The van der Waals surface area contributed by atoms with Gasteiger partial charge in [-0.2, -0.15) is 0 Å². The maximum atomic E-state index is 13.0. The Kier molecular flexibility index (Phi) is 4.82. The molecule has 2 aromatic carbocycles. The largest absolute Gasteiger partial charge is 0.368 e. The number of amides is 1. The first-order valence-corrected chi connectivity index (χ1v) is 10.1. The molecule has 0 radical (unpaired) electrons. The van der Waals surface area contributed by atoms with Crippen LogP contribution in [-0.2, 0) is 0 Å². The van der Waals surface area contributed by atoms with Crippen LogP contribution >= 0.6 is 34.5 Å². The summed E-state index contributed by atoms with van der Waals surface area (Å²) in [5.74, 6) is 0.0320. The number of nitrogens with zero attached hydrogens (tertiary/aromatic N) is 2. The van der Waals surface area contributed by atoms with Crippen LogP contribution in [0.25, 0.3) is 10.1 Å². The fourth-order valence-corrected chi connectivity index (χ4v) is 4.98. The Labute approximate surface area is 166 Å². The third-order valence-corrected chi connectivity index (χ3v) is 6.64. The first-order chi connectivity index (χ1) is 12.5. The molecule has 3 aromatic rings. The van der Waals surface area contributed by atoms with Crippen molar-refractivity contribution in [1.29, 1.82) is 0 Å². The summed E-state index contributed by atoms with van der Waals surface area (Å²) >= 11 is 13.9. The van der Waals surface area contributed by atoms with Gasteiger partial charge in [-0.05, 0) is 42.8 Å². The Morgan fingerprint density at radius 2 is 1.69 bits per heavy atom. The van der Waals surface area contributed by atoms with Gasteiger partial charge in [0.15, 0.2) is 0 Å². The van der Waals surface area contributed by atoms with Crippen molar-refractivity contribution in [3.63, 3.8) is 0 Å². The number of halogens is 2. The minimum atomic E-state index is 0.0320. The van der Waals surface area contributed by atoms with Crippen molar-refractivity contribution >= 4 is 56.2 Å². The Morgan fingerprint density at radius 1 is 1.00 bits per heavy atom. The maximum Gasteiger partial charge on any atom is 0.265 e. The van der Waals surface area contributed by atoms with E-state index in [1.54, 1.807) is 0 Å². The van der Waals surface area contributed by atoms with Crippen molar-refractivity contribution in [1.82, 2.24) is 4.90 Å². The summed E-state index contributed by atoms with van der Waals surface area (Å²) in [6.45, 7) is 5.02. The van der Waals surface area contributed by atoms with Gasteiger partial charge in [0.05, 0.1) is 5.02 Å². The van der Waals surface area contributed by atoms with Gasteiger partial charge in [-0.1, -0.05) is 35.3 Å². The normalized spacial score (nSPS) is 14.9. The first kappa shape index (κ1) is 17.7. The van der Waals surface area contributed by atoms with E-state index in [4.69, 9.17) is 23.2 Å². The monoisotopic (exact) mass is 404 g/mol. The fourth-order valence-electron chi connectivity index (χ4n) is 3.27. The summed E-state index contributed by atoms with van der Waals surface area (Å²) < 4.78 is 1.07. The smallest absolute Gasteiger partial charge is 0.265 e. The minimum Gasteiger partial charge on any atom is -0.368 e. The van der Waals surface area contributed by atoms with E-state index >= 15 is 0 Å². The number of hydrogen-bond acceptors (Lipinski definition) is 3. The van der Waals surface area contributed by atoms with Crippen LogP contribution in [0.1, 0.15) is 15.2 Å². The number of benzene rings is 2. The molecule has 1 amide bonds. The van der Waals surface area contributed by atoms with Crippen LogP contribution in [0, 0.1) is 6.92 Å². The van der Waals surface area contributed by atoms with E-state index in [1.165, 1.54) is 16.9 Å². The quantitative estimate of drug-likeness (QED) is 0.564. The first-order valence-electron chi connectivity index (χ1n) is 8.51. The summed E-state index contributed by atoms with van der Waals surface area (Å²) in [7, 11) is 0. The zero-order valence-corrected chi connectivity index (χ0v) is 16.7. The number of aryl methyl sites for hydroxylation is 1. The molecule has 3 nitrogen and oxygen atoms in total. The predicted molar refractivity (Wildman–Crippen MR) is 111 cm³/mol. The Bertz CT molecular complexity index is 960. The van der Waals surface area contributed by atoms with Crippen LogP contribution in [0.2, 0.25) is 10.0 Å². The number of rotatable bonds is 2. The van der Waals surface area contributed by atoms with Crippen molar-refractivity contribution in [2.75, 3.05) is 31.1 Å². The van der Waals surface area contributed by atoms with Gasteiger partial charge < -0.3 is 9.80 Å². The molecular weight excluding hydrogens is 387 g/mol. The van der Waals surface area contributed by atoms with E-state index in [1.807, 2.05) is 48.2 Å². The van der Waals surface area contributed by atoms with Gasteiger partial charge in [-0.15, -0.1) is 11.3 Å². The standard InChI is InChI=1S/C20H18Cl2N2OS/c1-13-2-7-16-17(12-13)26-19(18(16)22)20(25)24-10-8-23(9-11-24)15-5-3-14(21)4-6-15/h2-7,12H,8-11H2,1H3. The van der Waals surface area contributed by atoms with Gasteiger partial charge in [0.25, 0.3) is 5.91 Å². The third kappa shape index (κ3) is 3.29. The highest BCUT2D eigenvalue weighted by atomic mass is 35.5. The maximum absolute atomic E-state index is 13.0. The van der Waals surface area contributed by atoms with E-state index in [2.05, 4.69) is 11.0 Å². The summed E-state index contributed by atoms with van der Waals surface area (Å²) in [5, 5.41) is 2.28. The molecule has 1 saturated heterocycles. The van der Waals surface area contributed by atoms with Crippen LogP contribution in [0.5, 0.6) is 0 Å².